The van der Waals surface area contributed by atoms with E-state index in [-0.39, 0.29) is 6.04 Å². The van der Waals surface area contributed by atoms with E-state index in [2.05, 4.69) is 43.4 Å². The van der Waals surface area contributed by atoms with E-state index in [0.29, 0.717) is 5.25 Å². The van der Waals surface area contributed by atoms with Crippen molar-refractivity contribution in [1.29, 1.82) is 0 Å². The Morgan fingerprint density at radius 1 is 1.18 bits per heavy atom. The van der Waals surface area contributed by atoms with E-state index in [1.807, 2.05) is 18.7 Å². The van der Waals surface area contributed by atoms with Gasteiger partial charge >= 0.3 is 0 Å². The van der Waals surface area contributed by atoms with E-state index in [1.165, 1.54) is 10.5 Å². The molecule has 0 radical (unpaired) electrons. The van der Waals surface area contributed by atoms with Crippen molar-refractivity contribution in [2.24, 2.45) is 5.73 Å². The average molecular weight is 252 g/mol. The SMILES string of the molecule is CC(N)CCNCc1ccc(SC(C)C)cc1. The zero-order chi connectivity index (χ0) is 12.7. The van der Waals surface area contributed by atoms with Crippen LogP contribution in [0, 0.1) is 0 Å². The minimum atomic E-state index is 0.285. The number of hydrogen-bond acceptors (Lipinski definition) is 3. The quantitative estimate of drug-likeness (QED) is 0.579. The highest BCUT2D eigenvalue weighted by molar-refractivity contribution is 7.99. The largest absolute Gasteiger partial charge is 0.328 e. The van der Waals surface area contributed by atoms with Crippen LogP contribution in [-0.4, -0.2) is 17.8 Å². The van der Waals surface area contributed by atoms with Gasteiger partial charge in [-0.25, -0.2) is 0 Å². The first kappa shape index (κ1) is 14.6. The summed E-state index contributed by atoms with van der Waals surface area (Å²) in [5.74, 6) is 0. The smallest absolute Gasteiger partial charge is 0.0205 e. The van der Waals surface area contributed by atoms with Gasteiger partial charge in [-0.15, -0.1) is 11.8 Å². The van der Waals surface area contributed by atoms with Crippen molar-refractivity contribution >= 4 is 11.8 Å². The predicted molar refractivity (Wildman–Crippen MR) is 77.4 cm³/mol. The summed E-state index contributed by atoms with van der Waals surface area (Å²) >= 11 is 1.90. The van der Waals surface area contributed by atoms with Gasteiger partial charge in [0.25, 0.3) is 0 Å². The minimum Gasteiger partial charge on any atom is -0.328 e. The third-order valence-corrected chi connectivity index (χ3v) is 3.42. The first-order valence-corrected chi connectivity index (χ1v) is 7.18. The Bertz CT molecular complexity index is 307. The second-order valence-electron chi connectivity index (χ2n) is 4.75. The van der Waals surface area contributed by atoms with Crippen LogP contribution in [0.2, 0.25) is 0 Å². The first-order valence-electron chi connectivity index (χ1n) is 6.30. The van der Waals surface area contributed by atoms with Crippen LogP contribution in [0.5, 0.6) is 0 Å². The standard InChI is InChI=1S/C14H24N2S/c1-11(2)17-14-6-4-13(5-7-14)10-16-9-8-12(3)15/h4-7,11-12,16H,8-10,15H2,1-3H3. The van der Waals surface area contributed by atoms with Crippen LogP contribution < -0.4 is 11.1 Å². The molecule has 1 rings (SSSR count). The third-order valence-electron chi connectivity index (χ3n) is 2.40. The molecule has 0 amide bonds. The molecule has 1 unspecified atom stereocenters. The summed E-state index contributed by atoms with van der Waals surface area (Å²) in [6.07, 6.45) is 1.03. The summed E-state index contributed by atoms with van der Waals surface area (Å²) in [6, 6.07) is 9.08. The van der Waals surface area contributed by atoms with Gasteiger partial charge < -0.3 is 11.1 Å². The van der Waals surface area contributed by atoms with Crippen LogP contribution in [-0.2, 0) is 6.54 Å². The Hall–Kier alpha value is -0.510. The van der Waals surface area contributed by atoms with E-state index in [4.69, 9.17) is 5.73 Å². The molecular formula is C14H24N2S. The molecule has 0 aromatic heterocycles. The van der Waals surface area contributed by atoms with Crippen LogP contribution in [0.4, 0.5) is 0 Å². The van der Waals surface area contributed by atoms with E-state index >= 15 is 0 Å². The molecule has 3 N–H and O–H groups in total. The summed E-state index contributed by atoms with van der Waals surface area (Å²) in [7, 11) is 0. The Kier molecular flexibility index (Phi) is 6.63. The number of nitrogens with two attached hydrogens (primary N) is 1. The lowest BCUT2D eigenvalue weighted by molar-refractivity contribution is 0.589. The molecule has 17 heavy (non-hydrogen) atoms. The molecule has 1 atom stereocenters. The Morgan fingerprint density at radius 2 is 1.82 bits per heavy atom. The fraction of sp³-hybridized carbons (Fsp3) is 0.571. The lowest BCUT2D eigenvalue weighted by Crippen LogP contribution is -2.23. The first-order chi connectivity index (χ1) is 8.08. The van der Waals surface area contributed by atoms with Gasteiger partial charge in [-0.2, -0.15) is 0 Å². The molecule has 0 bridgehead atoms. The summed E-state index contributed by atoms with van der Waals surface area (Å²) < 4.78 is 0. The van der Waals surface area contributed by atoms with Crippen LogP contribution in [0.25, 0.3) is 0 Å². The maximum absolute atomic E-state index is 5.70. The molecule has 0 aliphatic carbocycles. The second kappa shape index (κ2) is 7.75. The van der Waals surface area contributed by atoms with Gasteiger partial charge in [0.1, 0.15) is 0 Å². The van der Waals surface area contributed by atoms with E-state index in [0.717, 1.165) is 19.5 Å². The van der Waals surface area contributed by atoms with Crippen LogP contribution in [0.15, 0.2) is 29.2 Å². The van der Waals surface area contributed by atoms with Gasteiger partial charge in [0, 0.05) is 22.7 Å². The van der Waals surface area contributed by atoms with Crippen molar-refractivity contribution in [3.8, 4) is 0 Å². The Morgan fingerprint density at radius 3 is 2.35 bits per heavy atom. The highest BCUT2D eigenvalue weighted by Crippen LogP contribution is 2.22. The second-order valence-corrected chi connectivity index (χ2v) is 6.40. The van der Waals surface area contributed by atoms with Crippen molar-refractivity contribution in [2.75, 3.05) is 6.54 Å². The fourth-order valence-electron chi connectivity index (χ4n) is 1.52. The molecule has 0 aliphatic rings. The van der Waals surface area contributed by atoms with Crippen LogP contribution >= 0.6 is 11.8 Å². The number of thioether (sulfide) groups is 1. The van der Waals surface area contributed by atoms with Gasteiger partial charge in [-0.1, -0.05) is 26.0 Å². The molecular weight excluding hydrogens is 228 g/mol. The molecule has 96 valence electrons. The zero-order valence-electron chi connectivity index (χ0n) is 11.1. The monoisotopic (exact) mass is 252 g/mol. The van der Waals surface area contributed by atoms with E-state index < -0.39 is 0 Å². The van der Waals surface area contributed by atoms with Gasteiger partial charge in [-0.3, -0.25) is 0 Å². The van der Waals surface area contributed by atoms with Crippen LogP contribution in [0.3, 0.4) is 0 Å². The fourth-order valence-corrected chi connectivity index (χ4v) is 2.36. The lowest BCUT2D eigenvalue weighted by Gasteiger charge is -2.08. The molecule has 1 aromatic carbocycles. The van der Waals surface area contributed by atoms with Crippen LogP contribution in [0.1, 0.15) is 32.8 Å². The number of rotatable bonds is 7. The maximum Gasteiger partial charge on any atom is 0.0205 e. The van der Waals surface area contributed by atoms with Gasteiger partial charge in [0.05, 0.1) is 0 Å². The Balaban J connectivity index is 2.30. The number of hydrogen-bond donors (Lipinski definition) is 2. The molecule has 1 aromatic rings. The molecule has 2 nitrogen and oxygen atoms in total. The lowest BCUT2D eigenvalue weighted by atomic mass is 10.2. The normalized spacial score (nSPS) is 13.0. The van der Waals surface area contributed by atoms with Crippen molar-refractivity contribution in [2.45, 2.75) is 49.9 Å². The number of nitrogens with one attached hydrogen (secondary N) is 1. The molecule has 0 heterocycles. The summed E-state index contributed by atoms with van der Waals surface area (Å²) in [6.45, 7) is 8.39. The molecule has 3 heteroatoms. The zero-order valence-corrected chi connectivity index (χ0v) is 11.9. The molecule has 0 spiro atoms. The van der Waals surface area contributed by atoms with E-state index in [1.54, 1.807) is 0 Å². The third kappa shape index (κ3) is 6.71. The van der Waals surface area contributed by atoms with Crippen molar-refractivity contribution in [3.63, 3.8) is 0 Å². The Labute approximate surface area is 109 Å². The van der Waals surface area contributed by atoms with Gasteiger partial charge in [0.2, 0.25) is 0 Å². The highest BCUT2D eigenvalue weighted by atomic mass is 32.2. The van der Waals surface area contributed by atoms with Crippen molar-refractivity contribution in [3.05, 3.63) is 29.8 Å². The van der Waals surface area contributed by atoms with Crippen molar-refractivity contribution in [1.82, 2.24) is 5.32 Å². The van der Waals surface area contributed by atoms with Gasteiger partial charge in [-0.05, 0) is 37.6 Å². The topological polar surface area (TPSA) is 38.0 Å². The number of benzene rings is 1. The highest BCUT2D eigenvalue weighted by Gasteiger charge is 1.99. The predicted octanol–water partition coefficient (Wildman–Crippen LogP) is 3.01. The van der Waals surface area contributed by atoms with E-state index in [9.17, 15) is 0 Å². The average Bonchev–Trinajstić information content (AvgIpc) is 2.25. The van der Waals surface area contributed by atoms with Crippen molar-refractivity contribution < 1.29 is 0 Å². The van der Waals surface area contributed by atoms with Gasteiger partial charge in [0.15, 0.2) is 0 Å². The molecule has 0 saturated carbocycles. The molecule has 0 aliphatic heterocycles. The summed E-state index contributed by atoms with van der Waals surface area (Å²) in [4.78, 5) is 1.35. The molecule has 0 fully saturated rings. The maximum atomic E-state index is 5.70. The molecule has 0 saturated heterocycles. The summed E-state index contributed by atoms with van der Waals surface area (Å²) in [5, 5.41) is 4.05. The summed E-state index contributed by atoms with van der Waals surface area (Å²) in [5.41, 5.74) is 7.03. The minimum absolute atomic E-state index is 0.285.